The molecule has 0 atom stereocenters. The van der Waals surface area contributed by atoms with Gasteiger partial charge in [-0.2, -0.15) is 4.99 Å². The molecule has 0 N–H and O–H groups in total. The maximum Gasteiger partial charge on any atom is 0.235 e. The topological polar surface area (TPSA) is 29.4 Å². The van der Waals surface area contributed by atoms with Crippen molar-refractivity contribution >= 4 is 17.7 Å². The zero-order valence-corrected chi connectivity index (χ0v) is 9.68. The molecule has 3 rings (SSSR count). The Morgan fingerprint density at radius 3 is 2.81 bits per heavy atom. The number of isocyanates is 1. The van der Waals surface area contributed by atoms with Crippen molar-refractivity contribution in [3.05, 3.63) is 33.8 Å². The first-order chi connectivity index (χ1) is 7.75. The van der Waals surface area contributed by atoms with Crippen molar-refractivity contribution < 1.29 is 4.79 Å². The Kier molecular flexibility index (Phi) is 2.17. The molecule has 1 fully saturated rings. The monoisotopic (exact) mass is 233 g/mol. The van der Waals surface area contributed by atoms with Gasteiger partial charge in [-0.1, -0.05) is 11.6 Å². The van der Waals surface area contributed by atoms with Crippen molar-refractivity contribution in [3.8, 4) is 0 Å². The molecule has 0 spiro atoms. The highest BCUT2D eigenvalue weighted by Crippen LogP contribution is 2.52. The molecule has 0 radical (unpaired) electrons. The predicted octanol–water partition coefficient (Wildman–Crippen LogP) is 3.15. The minimum Gasteiger partial charge on any atom is -0.211 e. The van der Waals surface area contributed by atoms with Gasteiger partial charge in [0.15, 0.2) is 0 Å². The van der Waals surface area contributed by atoms with Gasteiger partial charge in [-0.3, -0.25) is 0 Å². The second-order valence-corrected chi connectivity index (χ2v) is 5.12. The van der Waals surface area contributed by atoms with E-state index in [0.29, 0.717) is 0 Å². The number of nitrogens with zero attached hydrogens (tertiary/aromatic N) is 1. The molecule has 2 nitrogen and oxygen atoms in total. The van der Waals surface area contributed by atoms with Crippen molar-refractivity contribution in [3.63, 3.8) is 0 Å². The molecule has 0 saturated heterocycles. The molecule has 1 saturated carbocycles. The lowest BCUT2D eigenvalue weighted by molar-refractivity contribution is 0.556. The van der Waals surface area contributed by atoms with Crippen LogP contribution in [0.5, 0.6) is 0 Å². The van der Waals surface area contributed by atoms with E-state index in [2.05, 4.69) is 4.99 Å². The van der Waals surface area contributed by atoms with E-state index in [4.69, 9.17) is 11.6 Å². The molecule has 0 heterocycles. The number of carbonyl (C=O) groups excluding carboxylic acids is 1. The van der Waals surface area contributed by atoms with Gasteiger partial charge in [0, 0.05) is 5.02 Å². The molecular weight excluding hydrogens is 222 g/mol. The SMILES string of the molecule is O=C=NC1(c2cc(Cl)cc3c2CCC3)CC1. The average molecular weight is 234 g/mol. The highest BCUT2D eigenvalue weighted by molar-refractivity contribution is 6.30. The van der Waals surface area contributed by atoms with Crippen molar-refractivity contribution in [2.45, 2.75) is 37.6 Å². The van der Waals surface area contributed by atoms with Gasteiger partial charge in [0.2, 0.25) is 6.08 Å². The van der Waals surface area contributed by atoms with E-state index in [1.165, 1.54) is 23.1 Å². The third-order valence-corrected chi connectivity index (χ3v) is 3.88. The largest absolute Gasteiger partial charge is 0.235 e. The van der Waals surface area contributed by atoms with E-state index in [1.54, 1.807) is 6.08 Å². The fraction of sp³-hybridized carbons (Fsp3) is 0.462. The van der Waals surface area contributed by atoms with Crippen LogP contribution < -0.4 is 0 Å². The lowest BCUT2D eigenvalue weighted by Crippen LogP contribution is -2.06. The van der Waals surface area contributed by atoms with Crippen LogP contribution in [0.3, 0.4) is 0 Å². The smallest absolute Gasteiger partial charge is 0.211 e. The number of halogens is 1. The summed E-state index contributed by atoms with van der Waals surface area (Å²) in [7, 11) is 0. The third-order valence-electron chi connectivity index (χ3n) is 3.66. The minimum absolute atomic E-state index is 0.277. The normalized spacial score (nSPS) is 20.1. The molecule has 2 aliphatic rings. The second kappa shape index (κ2) is 3.44. The average Bonchev–Trinajstić information content (AvgIpc) is 2.88. The van der Waals surface area contributed by atoms with Crippen LogP contribution in [-0.4, -0.2) is 6.08 Å². The first-order valence-corrected chi connectivity index (χ1v) is 6.04. The summed E-state index contributed by atoms with van der Waals surface area (Å²) >= 11 is 6.12. The van der Waals surface area contributed by atoms with Crippen molar-refractivity contribution in [1.82, 2.24) is 0 Å². The van der Waals surface area contributed by atoms with E-state index in [1.807, 2.05) is 12.1 Å². The summed E-state index contributed by atoms with van der Waals surface area (Å²) in [5, 5.41) is 0.767. The minimum atomic E-state index is -0.277. The zero-order valence-electron chi connectivity index (χ0n) is 8.92. The van der Waals surface area contributed by atoms with Crippen molar-refractivity contribution in [1.29, 1.82) is 0 Å². The Hall–Kier alpha value is -1.11. The lowest BCUT2D eigenvalue weighted by atomic mass is 9.96. The fourth-order valence-corrected chi connectivity index (χ4v) is 2.97. The van der Waals surface area contributed by atoms with Crippen molar-refractivity contribution in [2.75, 3.05) is 0 Å². The van der Waals surface area contributed by atoms with Crippen LogP contribution in [0, 0.1) is 0 Å². The van der Waals surface area contributed by atoms with Crippen LogP contribution in [0.2, 0.25) is 5.02 Å². The van der Waals surface area contributed by atoms with E-state index in [0.717, 1.165) is 30.7 Å². The molecule has 0 unspecified atom stereocenters. The summed E-state index contributed by atoms with van der Waals surface area (Å²) < 4.78 is 0. The third kappa shape index (κ3) is 1.41. The first kappa shape index (κ1) is 10.1. The van der Waals surface area contributed by atoms with E-state index in [9.17, 15) is 4.79 Å². The molecule has 16 heavy (non-hydrogen) atoms. The molecule has 0 aliphatic heterocycles. The summed E-state index contributed by atoms with van der Waals surface area (Å²) in [6, 6.07) is 4.04. The molecule has 2 aliphatic carbocycles. The highest BCUT2D eigenvalue weighted by Gasteiger charge is 2.46. The van der Waals surface area contributed by atoms with Gasteiger partial charge in [0.05, 0.1) is 5.54 Å². The van der Waals surface area contributed by atoms with Gasteiger partial charge in [-0.05, 0) is 60.9 Å². The Morgan fingerprint density at radius 2 is 2.12 bits per heavy atom. The number of hydrogen-bond donors (Lipinski definition) is 0. The number of aryl methyl sites for hydroxylation is 1. The Morgan fingerprint density at radius 1 is 1.31 bits per heavy atom. The van der Waals surface area contributed by atoms with E-state index < -0.39 is 0 Å². The van der Waals surface area contributed by atoms with Crippen LogP contribution in [-0.2, 0) is 23.2 Å². The van der Waals surface area contributed by atoms with Crippen LogP contribution in [0.15, 0.2) is 17.1 Å². The Bertz CT molecular complexity index is 499. The van der Waals surface area contributed by atoms with E-state index >= 15 is 0 Å². The van der Waals surface area contributed by atoms with Crippen LogP contribution in [0.1, 0.15) is 36.0 Å². The van der Waals surface area contributed by atoms with Crippen LogP contribution in [0.25, 0.3) is 0 Å². The molecule has 3 heteroatoms. The van der Waals surface area contributed by atoms with Gasteiger partial charge >= 0.3 is 0 Å². The molecule has 1 aromatic rings. The Labute approximate surface area is 99.3 Å². The summed E-state index contributed by atoms with van der Waals surface area (Å²) in [6.07, 6.45) is 7.00. The maximum absolute atomic E-state index is 10.5. The van der Waals surface area contributed by atoms with Gasteiger partial charge in [-0.25, -0.2) is 4.79 Å². The number of fused-ring (bicyclic) bond motifs is 1. The standard InChI is InChI=1S/C13H12ClNO/c14-10-6-9-2-1-3-11(9)12(7-10)13(4-5-13)15-8-16/h6-7H,1-5H2. The number of hydrogen-bond acceptors (Lipinski definition) is 2. The predicted molar refractivity (Wildman–Crippen MR) is 62.5 cm³/mol. The number of benzene rings is 1. The Balaban J connectivity index is 2.17. The van der Waals surface area contributed by atoms with Crippen LogP contribution >= 0.6 is 11.6 Å². The maximum atomic E-state index is 10.5. The summed E-state index contributed by atoms with van der Waals surface area (Å²) in [4.78, 5) is 14.5. The van der Waals surface area contributed by atoms with Crippen molar-refractivity contribution in [2.24, 2.45) is 4.99 Å². The number of aliphatic imine (C=N–C) groups is 1. The number of rotatable bonds is 2. The van der Waals surface area contributed by atoms with E-state index in [-0.39, 0.29) is 5.54 Å². The molecular formula is C13H12ClNO. The zero-order chi connectivity index (χ0) is 11.2. The van der Waals surface area contributed by atoms with Gasteiger partial charge in [0.25, 0.3) is 0 Å². The quantitative estimate of drug-likeness (QED) is 0.570. The summed E-state index contributed by atoms with van der Waals surface area (Å²) in [5.41, 5.74) is 3.62. The molecule has 82 valence electrons. The molecule has 0 amide bonds. The summed E-state index contributed by atoms with van der Waals surface area (Å²) in [5.74, 6) is 0. The molecule has 0 bridgehead atoms. The highest BCUT2D eigenvalue weighted by atomic mass is 35.5. The van der Waals surface area contributed by atoms with Gasteiger partial charge in [-0.15, -0.1) is 0 Å². The molecule has 0 aromatic heterocycles. The summed E-state index contributed by atoms with van der Waals surface area (Å²) in [6.45, 7) is 0. The first-order valence-electron chi connectivity index (χ1n) is 5.66. The second-order valence-electron chi connectivity index (χ2n) is 4.68. The lowest BCUT2D eigenvalue weighted by Gasteiger charge is -2.14. The van der Waals surface area contributed by atoms with Gasteiger partial charge < -0.3 is 0 Å². The fourth-order valence-electron chi connectivity index (χ4n) is 2.73. The molecule has 1 aromatic carbocycles. The van der Waals surface area contributed by atoms with Gasteiger partial charge in [0.1, 0.15) is 0 Å². The van der Waals surface area contributed by atoms with Crippen LogP contribution in [0.4, 0.5) is 0 Å².